The van der Waals surface area contributed by atoms with E-state index in [0.717, 1.165) is 6.07 Å². The SMILES string of the molecule is Cc1c(C(=O)Nc2ccc(F)c(C#N)c2)c(C)n(C)c1C(=O)C(=O)NC1CC(O)C1. The monoisotopic (exact) mass is 412 g/mol. The lowest BCUT2D eigenvalue weighted by atomic mass is 9.89. The number of rotatable bonds is 5. The number of anilines is 1. The second-order valence-corrected chi connectivity index (χ2v) is 7.38. The highest BCUT2D eigenvalue weighted by Gasteiger charge is 2.33. The van der Waals surface area contributed by atoms with Gasteiger partial charge in [-0.15, -0.1) is 0 Å². The van der Waals surface area contributed by atoms with Crippen LogP contribution in [0.1, 0.15) is 50.5 Å². The van der Waals surface area contributed by atoms with Crippen molar-refractivity contribution in [1.29, 1.82) is 5.26 Å². The van der Waals surface area contributed by atoms with Gasteiger partial charge in [0.15, 0.2) is 0 Å². The van der Waals surface area contributed by atoms with Crippen LogP contribution >= 0.6 is 0 Å². The van der Waals surface area contributed by atoms with Gasteiger partial charge < -0.3 is 20.3 Å². The highest BCUT2D eigenvalue weighted by molar-refractivity contribution is 6.43. The van der Waals surface area contributed by atoms with Gasteiger partial charge in [0.2, 0.25) is 0 Å². The van der Waals surface area contributed by atoms with Gasteiger partial charge in [0.05, 0.1) is 22.9 Å². The maximum absolute atomic E-state index is 13.5. The van der Waals surface area contributed by atoms with E-state index in [1.54, 1.807) is 27.0 Å². The molecule has 0 radical (unpaired) electrons. The number of hydrogen-bond acceptors (Lipinski definition) is 5. The maximum Gasteiger partial charge on any atom is 0.294 e. The minimum Gasteiger partial charge on any atom is -0.393 e. The van der Waals surface area contributed by atoms with Crippen LogP contribution in [0.3, 0.4) is 0 Å². The average Bonchev–Trinajstić information content (AvgIpc) is 2.90. The second kappa shape index (κ2) is 8.08. The van der Waals surface area contributed by atoms with Gasteiger partial charge in [-0.2, -0.15) is 5.26 Å². The predicted octanol–water partition coefficient (Wildman–Crippen LogP) is 1.73. The van der Waals surface area contributed by atoms with Crippen LogP contribution in [0.25, 0.3) is 0 Å². The van der Waals surface area contributed by atoms with Crippen molar-refractivity contribution in [3.8, 4) is 6.07 Å². The van der Waals surface area contributed by atoms with E-state index in [1.165, 1.54) is 16.7 Å². The molecule has 0 aliphatic heterocycles. The predicted molar refractivity (Wildman–Crippen MR) is 105 cm³/mol. The molecule has 0 saturated heterocycles. The van der Waals surface area contributed by atoms with Crippen LogP contribution in [0, 0.1) is 31.0 Å². The largest absolute Gasteiger partial charge is 0.393 e. The molecule has 2 amide bonds. The summed E-state index contributed by atoms with van der Waals surface area (Å²) in [5.41, 5.74) is 1.15. The van der Waals surface area contributed by atoms with Crippen LogP contribution in [0.2, 0.25) is 0 Å². The van der Waals surface area contributed by atoms with Gasteiger partial charge in [0.25, 0.3) is 17.6 Å². The van der Waals surface area contributed by atoms with Crippen LogP contribution in [0.4, 0.5) is 10.1 Å². The fourth-order valence-corrected chi connectivity index (χ4v) is 3.58. The molecule has 3 rings (SSSR count). The first-order chi connectivity index (χ1) is 14.1. The number of aliphatic hydroxyl groups is 1. The molecule has 0 unspecified atom stereocenters. The summed E-state index contributed by atoms with van der Waals surface area (Å²) >= 11 is 0. The number of ketones is 1. The van der Waals surface area contributed by atoms with Crippen molar-refractivity contribution in [2.45, 2.75) is 38.8 Å². The third kappa shape index (κ3) is 3.82. The summed E-state index contributed by atoms with van der Waals surface area (Å²) in [4.78, 5) is 37.9. The molecular formula is C21H21FN4O4. The Bertz CT molecular complexity index is 1090. The number of nitrogens with zero attached hydrogens (tertiary/aromatic N) is 2. The van der Waals surface area contributed by atoms with E-state index in [0.29, 0.717) is 24.1 Å². The van der Waals surface area contributed by atoms with E-state index in [-0.39, 0.29) is 28.6 Å². The fraction of sp³-hybridized carbons (Fsp3) is 0.333. The standard InChI is InChI=1S/C21H21FN4O4/c1-10-17(20(29)24-13-4-5-16(22)12(6-13)9-23)11(2)26(3)18(10)19(28)21(30)25-14-7-15(27)8-14/h4-6,14-15,27H,7-8H2,1-3H3,(H,24,29)(H,25,30). The number of nitriles is 1. The van der Waals surface area contributed by atoms with Gasteiger partial charge in [-0.05, 0) is 50.5 Å². The normalized spacial score (nSPS) is 17.6. The van der Waals surface area contributed by atoms with E-state index in [4.69, 9.17) is 5.26 Å². The molecular weight excluding hydrogens is 391 g/mol. The number of hydrogen-bond donors (Lipinski definition) is 3. The molecule has 1 aromatic carbocycles. The number of Topliss-reactive ketones (excluding diaryl/α,β-unsaturated/α-hetero) is 1. The first kappa shape index (κ1) is 21.2. The summed E-state index contributed by atoms with van der Waals surface area (Å²) in [6.45, 7) is 3.21. The highest BCUT2D eigenvalue weighted by atomic mass is 19.1. The summed E-state index contributed by atoms with van der Waals surface area (Å²) in [5.74, 6) is -2.80. The number of carbonyl (C=O) groups excluding carboxylic acids is 3. The molecule has 1 aliphatic rings. The Hall–Kier alpha value is -3.51. The molecule has 1 aliphatic carbocycles. The lowest BCUT2D eigenvalue weighted by Gasteiger charge is -2.31. The number of aromatic nitrogens is 1. The number of aliphatic hydroxyl groups excluding tert-OH is 1. The minimum absolute atomic E-state index is 0.0897. The Morgan fingerprint density at radius 3 is 2.53 bits per heavy atom. The number of benzene rings is 1. The topological polar surface area (TPSA) is 124 Å². The van der Waals surface area contributed by atoms with Crippen LogP contribution in [0.5, 0.6) is 0 Å². The molecule has 0 spiro atoms. The molecule has 1 fully saturated rings. The molecule has 0 bridgehead atoms. The smallest absolute Gasteiger partial charge is 0.294 e. The van der Waals surface area contributed by atoms with Gasteiger partial charge in [-0.3, -0.25) is 14.4 Å². The Kier molecular flexibility index (Phi) is 5.71. The quantitative estimate of drug-likeness (QED) is 0.510. The summed E-state index contributed by atoms with van der Waals surface area (Å²) in [6, 6.07) is 5.08. The van der Waals surface area contributed by atoms with Crippen LogP contribution < -0.4 is 10.6 Å². The van der Waals surface area contributed by atoms with Crippen molar-refractivity contribution in [3.05, 3.63) is 52.1 Å². The average molecular weight is 412 g/mol. The molecule has 2 aromatic rings. The van der Waals surface area contributed by atoms with Crippen molar-refractivity contribution in [2.24, 2.45) is 7.05 Å². The van der Waals surface area contributed by atoms with Crippen molar-refractivity contribution < 1.29 is 23.9 Å². The van der Waals surface area contributed by atoms with E-state index in [9.17, 15) is 23.9 Å². The number of carbonyl (C=O) groups is 3. The van der Waals surface area contributed by atoms with E-state index in [1.807, 2.05) is 0 Å². The summed E-state index contributed by atoms with van der Waals surface area (Å²) in [6.07, 6.45) is 0.341. The third-order valence-corrected chi connectivity index (χ3v) is 5.37. The Labute approximate surface area is 172 Å². The second-order valence-electron chi connectivity index (χ2n) is 7.38. The zero-order valence-corrected chi connectivity index (χ0v) is 16.7. The first-order valence-electron chi connectivity index (χ1n) is 9.34. The Balaban J connectivity index is 1.84. The van der Waals surface area contributed by atoms with E-state index < -0.39 is 29.5 Å². The van der Waals surface area contributed by atoms with Crippen molar-refractivity contribution in [2.75, 3.05) is 5.32 Å². The molecule has 1 aromatic heterocycles. The summed E-state index contributed by atoms with van der Waals surface area (Å²) in [7, 11) is 1.58. The molecule has 3 N–H and O–H groups in total. The molecule has 8 nitrogen and oxygen atoms in total. The number of halogens is 1. The zero-order valence-electron chi connectivity index (χ0n) is 16.7. The van der Waals surface area contributed by atoms with Crippen LogP contribution in [-0.4, -0.2) is 39.4 Å². The van der Waals surface area contributed by atoms with Gasteiger partial charge in [-0.25, -0.2) is 4.39 Å². The van der Waals surface area contributed by atoms with Crippen molar-refractivity contribution in [3.63, 3.8) is 0 Å². The lowest BCUT2D eigenvalue weighted by molar-refractivity contribution is -0.119. The molecule has 156 valence electrons. The van der Waals surface area contributed by atoms with Crippen molar-refractivity contribution >= 4 is 23.3 Å². The van der Waals surface area contributed by atoms with E-state index in [2.05, 4.69) is 10.6 Å². The lowest BCUT2D eigenvalue weighted by Crippen LogP contribution is -2.49. The van der Waals surface area contributed by atoms with Crippen molar-refractivity contribution in [1.82, 2.24) is 9.88 Å². The maximum atomic E-state index is 13.5. The summed E-state index contributed by atoms with van der Waals surface area (Å²) < 4.78 is 15.0. The summed E-state index contributed by atoms with van der Waals surface area (Å²) in [5, 5.41) is 23.4. The van der Waals surface area contributed by atoms with Gasteiger partial charge in [0.1, 0.15) is 11.9 Å². The molecule has 30 heavy (non-hydrogen) atoms. The Morgan fingerprint density at radius 2 is 1.93 bits per heavy atom. The number of nitrogens with one attached hydrogen (secondary N) is 2. The van der Waals surface area contributed by atoms with Crippen LogP contribution in [-0.2, 0) is 11.8 Å². The van der Waals surface area contributed by atoms with E-state index >= 15 is 0 Å². The Morgan fingerprint density at radius 1 is 1.27 bits per heavy atom. The zero-order chi connectivity index (χ0) is 22.2. The highest BCUT2D eigenvalue weighted by Crippen LogP contribution is 2.24. The molecule has 0 atom stereocenters. The molecule has 1 heterocycles. The fourth-order valence-electron chi connectivity index (χ4n) is 3.58. The minimum atomic E-state index is -0.792. The van der Waals surface area contributed by atoms with Gasteiger partial charge in [-0.1, -0.05) is 0 Å². The molecule has 1 saturated carbocycles. The van der Waals surface area contributed by atoms with Gasteiger partial charge in [0, 0.05) is 24.5 Å². The number of amides is 2. The van der Waals surface area contributed by atoms with Crippen LogP contribution in [0.15, 0.2) is 18.2 Å². The third-order valence-electron chi connectivity index (χ3n) is 5.37. The first-order valence-corrected chi connectivity index (χ1v) is 9.34. The van der Waals surface area contributed by atoms with Gasteiger partial charge >= 0.3 is 0 Å². The molecule has 9 heteroatoms.